The molecule has 1 N–H and O–H groups in total. The van der Waals surface area contributed by atoms with Gasteiger partial charge in [0, 0.05) is 18.0 Å². The van der Waals surface area contributed by atoms with Crippen molar-refractivity contribution in [2.45, 2.75) is 11.2 Å². The van der Waals surface area contributed by atoms with Gasteiger partial charge in [-0.15, -0.1) is 5.10 Å². The van der Waals surface area contributed by atoms with Crippen LogP contribution in [0.4, 0.5) is 13.2 Å². The number of nitrogens with zero attached hydrogens (tertiary/aromatic N) is 5. The Morgan fingerprint density at radius 2 is 1.88 bits per heavy atom. The number of aromatic nitrogens is 5. The molecule has 0 spiro atoms. The van der Waals surface area contributed by atoms with Crippen LogP contribution < -0.4 is 0 Å². The third kappa shape index (κ3) is 3.49. The number of rotatable bonds is 3. The van der Waals surface area contributed by atoms with E-state index in [1.807, 2.05) is 0 Å². The van der Waals surface area contributed by atoms with E-state index in [4.69, 9.17) is 4.55 Å². The van der Waals surface area contributed by atoms with Crippen LogP contribution in [0.2, 0.25) is 0 Å². The van der Waals surface area contributed by atoms with Gasteiger partial charge in [0.1, 0.15) is 0 Å². The zero-order valence-corrected chi connectivity index (χ0v) is 12.9. The van der Waals surface area contributed by atoms with Crippen molar-refractivity contribution in [2.24, 2.45) is 0 Å². The molecule has 0 amide bonds. The Morgan fingerprint density at radius 3 is 2.40 bits per heavy atom. The summed E-state index contributed by atoms with van der Waals surface area (Å²) in [6.45, 7) is 0. The van der Waals surface area contributed by atoms with E-state index in [1.165, 1.54) is 24.5 Å². The molecule has 25 heavy (non-hydrogen) atoms. The van der Waals surface area contributed by atoms with Crippen molar-refractivity contribution in [2.75, 3.05) is 0 Å². The lowest BCUT2D eigenvalue weighted by Gasteiger charge is -2.05. The monoisotopic (exact) mass is 371 g/mol. The third-order valence-electron chi connectivity index (χ3n) is 3.01. The van der Waals surface area contributed by atoms with E-state index in [0.717, 1.165) is 23.0 Å². The fourth-order valence-electron chi connectivity index (χ4n) is 1.94. The fourth-order valence-corrected chi connectivity index (χ4v) is 2.37. The molecule has 3 rings (SSSR count). The van der Waals surface area contributed by atoms with E-state index in [2.05, 4.69) is 20.1 Å². The molecule has 0 bridgehead atoms. The SMILES string of the molecule is O=S(=O)(O)c1ccc(-n2nc(C(F)(F)F)nc2-c2cccnc2)cn1. The molecule has 3 aromatic heterocycles. The molecule has 12 heteroatoms. The summed E-state index contributed by atoms with van der Waals surface area (Å²) in [5.74, 6) is -1.52. The van der Waals surface area contributed by atoms with Gasteiger partial charge in [-0.1, -0.05) is 0 Å². The molecule has 0 aromatic carbocycles. The van der Waals surface area contributed by atoms with E-state index < -0.39 is 27.1 Å². The molecule has 3 aromatic rings. The molecule has 0 radical (unpaired) electrons. The van der Waals surface area contributed by atoms with Gasteiger partial charge in [-0.3, -0.25) is 9.54 Å². The largest absolute Gasteiger partial charge is 0.453 e. The lowest BCUT2D eigenvalue weighted by atomic mass is 10.2. The van der Waals surface area contributed by atoms with Crippen LogP contribution in [0.1, 0.15) is 5.82 Å². The second-order valence-corrected chi connectivity index (χ2v) is 6.11. The van der Waals surface area contributed by atoms with Crippen LogP contribution in [0.25, 0.3) is 17.1 Å². The van der Waals surface area contributed by atoms with Crippen LogP contribution in [0.3, 0.4) is 0 Å². The zero-order valence-electron chi connectivity index (χ0n) is 12.1. The van der Waals surface area contributed by atoms with Gasteiger partial charge in [0.25, 0.3) is 5.82 Å². The van der Waals surface area contributed by atoms with E-state index in [1.54, 1.807) is 0 Å². The van der Waals surface area contributed by atoms with Gasteiger partial charge in [0.05, 0.1) is 11.9 Å². The molecule has 130 valence electrons. The maximum atomic E-state index is 13.0. The summed E-state index contributed by atoms with van der Waals surface area (Å²) in [6, 6.07) is 5.09. The second-order valence-electron chi connectivity index (χ2n) is 4.74. The normalized spacial score (nSPS) is 12.3. The standard InChI is InChI=1S/C13H8F3N5O3S/c14-13(15,16)12-19-11(8-2-1-5-17-6-8)21(20-12)9-3-4-10(18-7-9)25(22,23)24/h1-7H,(H,22,23,24). The Morgan fingerprint density at radius 1 is 1.12 bits per heavy atom. The number of alkyl halides is 3. The summed E-state index contributed by atoms with van der Waals surface area (Å²) in [7, 11) is -4.53. The summed E-state index contributed by atoms with van der Waals surface area (Å²) in [5.41, 5.74) is 0.290. The lowest BCUT2D eigenvalue weighted by Crippen LogP contribution is -2.09. The minimum absolute atomic E-state index is 0.0225. The smallest absolute Gasteiger partial charge is 0.281 e. The van der Waals surface area contributed by atoms with E-state index >= 15 is 0 Å². The van der Waals surface area contributed by atoms with Gasteiger partial charge in [0.15, 0.2) is 10.9 Å². The Labute approximate surface area is 138 Å². The minimum Gasteiger partial charge on any atom is -0.281 e. The van der Waals surface area contributed by atoms with Crippen molar-refractivity contribution in [3.05, 3.63) is 48.7 Å². The molecule has 0 fully saturated rings. The summed E-state index contributed by atoms with van der Waals surface area (Å²) >= 11 is 0. The molecule has 0 aliphatic heterocycles. The number of hydrogen-bond acceptors (Lipinski definition) is 6. The first kappa shape index (κ1) is 17.0. The van der Waals surface area contributed by atoms with Crippen molar-refractivity contribution in [1.82, 2.24) is 24.7 Å². The summed E-state index contributed by atoms with van der Waals surface area (Å²) in [5, 5.41) is 2.78. The van der Waals surface area contributed by atoms with Gasteiger partial charge in [-0.25, -0.2) is 14.6 Å². The molecular formula is C13H8F3N5O3S. The first-order valence-corrected chi connectivity index (χ1v) is 7.99. The Kier molecular flexibility index (Phi) is 4.00. The van der Waals surface area contributed by atoms with Gasteiger partial charge >= 0.3 is 16.3 Å². The van der Waals surface area contributed by atoms with E-state index in [0.29, 0.717) is 0 Å². The van der Waals surface area contributed by atoms with Crippen LogP contribution in [-0.2, 0) is 16.3 Å². The fraction of sp³-hybridized carbons (Fsp3) is 0.0769. The highest BCUT2D eigenvalue weighted by molar-refractivity contribution is 7.85. The minimum atomic E-state index is -4.77. The van der Waals surface area contributed by atoms with Crippen molar-refractivity contribution < 1.29 is 26.1 Å². The molecule has 0 unspecified atom stereocenters. The maximum absolute atomic E-state index is 13.0. The molecule has 3 heterocycles. The third-order valence-corrected chi connectivity index (χ3v) is 3.78. The second kappa shape index (κ2) is 5.89. The molecule has 0 saturated heterocycles. The van der Waals surface area contributed by atoms with Crippen LogP contribution in [0.5, 0.6) is 0 Å². The van der Waals surface area contributed by atoms with Crippen molar-refractivity contribution >= 4 is 10.1 Å². The van der Waals surface area contributed by atoms with Gasteiger partial charge in [-0.2, -0.15) is 21.6 Å². The topological polar surface area (TPSA) is 111 Å². The summed E-state index contributed by atoms with van der Waals surface area (Å²) in [6.07, 6.45) is -1.07. The van der Waals surface area contributed by atoms with Gasteiger partial charge in [0.2, 0.25) is 0 Å². The summed E-state index contributed by atoms with van der Waals surface area (Å²) < 4.78 is 70.6. The predicted octanol–water partition coefficient (Wildman–Crippen LogP) is 1.99. The highest BCUT2D eigenvalue weighted by Gasteiger charge is 2.37. The Balaban J connectivity index is 2.16. The molecule has 0 atom stereocenters. The van der Waals surface area contributed by atoms with Crippen LogP contribution >= 0.6 is 0 Å². The van der Waals surface area contributed by atoms with Crippen molar-refractivity contribution in [3.63, 3.8) is 0 Å². The quantitative estimate of drug-likeness (QED) is 0.701. The average molecular weight is 371 g/mol. The predicted molar refractivity (Wildman–Crippen MR) is 77.2 cm³/mol. The van der Waals surface area contributed by atoms with Crippen molar-refractivity contribution in [1.29, 1.82) is 0 Å². The number of pyridine rings is 2. The highest BCUT2D eigenvalue weighted by Crippen LogP contribution is 2.30. The lowest BCUT2D eigenvalue weighted by molar-refractivity contribution is -0.144. The Bertz CT molecular complexity index is 1000. The highest BCUT2D eigenvalue weighted by atomic mass is 32.2. The first-order chi connectivity index (χ1) is 11.7. The van der Waals surface area contributed by atoms with E-state index in [9.17, 15) is 21.6 Å². The van der Waals surface area contributed by atoms with Crippen LogP contribution in [-0.4, -0.2) is 37.7 Å². The van der Waals surface area contributed by atoms with E-state index in [-0.39, 0.29) is 17.1 Å². The molecule has 8 nitrogen and oxygen atoms in total. The molecule has 0 aliphatic rings. The summed E-state index contributed by atoms with van der Waals surface area (Å²) in [4.78, 5) is 10.8. The number of halogens is 3. The zero-order chi connectivity index (χ0) is 18.2. The van der Waals surface area contributed by atoms with Gasteiger partial charge < -0.3 is 0 Å². The van der Waals surface area contributed by atoms with Crippen LogP contribution in [0.15, 0.2) is 47.9 Å². The Hall–Kier alpha value is -2.86. The van der Waals surface area contributed by atoms with Crippen LogP contribution in [0, 0.1) is 0 Å². The first-order valence-electron chi connectivity index (χ1n) is 6.55. The van der Waals surface area contributed by atoms with Gasteiger partial charge in [-0.05, 0) is 24.3 Å². The molecule has 0 aliphatic carbocycles. The maximum Gasteiger partial charge on any atom is 0.453 e. The average Bonchev–Trinajstić information content (AvgIpc) is 3.00. The molecular weight excluding hydrogens is 363 g/mol. The molecule has 0 saturated carbocycles. The van der Waals surface area contributed by atoms with Crippen molar-refractivity contribution in [3.8, 4) is 17.1 Å². The number of hydrogen-bond donors (Lipinski definition) is 1.